The van der Waals surface area contributed by atoms with Crippen LogP contribution in [0.5, 0.6) is 5.75 Å². The van der Waals surface area contributed by atoms with Crippen molar-refractivity contribution in [3.8, 4) is 5.75 Å². The number of rotatable bonds is 5. The van der Waals surface area contributed by atoms with E-state index in [0.717, 1.165) is 37.4 Å². The van der Waals surface area contributed by atoms with Crippen LogP contribution in [-0.2, 0) is 11.3 Å². The predicted octanol–water partition coefficient (Wildman–Crippen LogP) is 2.19. The van der Waals surface area contributed by atoms with Crippen LogP contribution in [0, 0.1) is 0 Å². The van der Waals surface area contributed by atoms with Crippen LogP contribution < -0.4 is 15.4 Å². The summed E-state index contributed by atoms with van der Waals surface area (Å²) >= 11 is 0. The Balaban J connectivity index is 1.30. The molecule has 2 saturated heterocycles. The molecular formula is C25H28N4O5. The molecule has 0 aliphatic carbocycles. The third-order valence-corrected chi connectivity index (χ3v) is 6.66. The van der Waals surface area contributed by atoms with Crippen LogP contribution in [0.15, 0.2) is 51.7 Å². The first-order valence-corrected chi connectivity index (χ1v) is 11.6. The quantitative estimate of drug-likeness (QED) is 0.575. The fourth-order valence-corrected chi connectivity index (χ4v) is 4.77. The van der Waals surface area contributed by atoms with Gasteiger partial charge in [-0.1, -0.05) is 12.1 Å². The van der Waals surface area contributed by atoms with Gasteiger partial charge in [0.25, 0.3) is 5.91 Å². The summed E-state index contributed by atoms with van der Waals surface area (Å²) in [6, 6.07) is 12.8. The van der Waals surface area contributed by atoms with E-state index in [4.69, 9.17) is 9.15 Å². The van der Waals surface area contributed by atoms with Gasteiger partial charge in [0, 0.05) is 44.8 Å². The lowest BCUT2D eigenvalue weighted by Gasteiger charge is -2.36. The summed E-state index contributed by atoms with van der Waals surface area (Å²) in [7, 11) is 1.65. The molecule has 2 fully saturated rings. The maximum absolute atomic E-state index is 13.1. The Morgan fingerprint density at radius 1 is 0.941 bits per heavy atom. The van der Waals surface area contributed by atoms with Gasteiger partial charge < -0.3 is 23.9 Å². The van der Waals surface area contributed by atoms with Crippen molar-refractivity contribution < 1.29 is 18.7 Å². The number of carbonyl (C=O) groups is 2. The largest absolute Gasteiger partial charge is 0.495 e. The molecule has 0 unspecified atom stereocenters. The highest BCUT2D eigenvalue weighted by molar-refractivity contribution is 5.97. The molecule has 5 rings (SSSR count). The highest BCUT2D eigenvalue weighted by Gasteiger charge is 2.25. The Labute approximate surface area is 197 Å². The van der Waals surface area contributed by atoms with E-state index < -0.39 is 5.76 Å². The highest BCUT2D eigenvalue weighted by atomic mass is 16.5. The van der Waals surface area contributed by atoms with Crippen molar-refractivity contribution in [2.45, 2.75) is 19.4 Å². The summed E-state index contributed by atoms with van der Waals surface area (Å²) in [5.41, 5.74) is 2.35. The van der Waals surface area contributed by atoms with Crippen molar-refractivity contribution in [1.82, 2.24) is 14.4 Å². The Morgan fingerprint density at radius 3 is 2.41 bits per heavy atom. The van der Waals surface area contributed by atoms with Crippen molar-refractivity contribution in [3.63, 3.8) is 0 Å². The maximum Gasteiger partial charge on any atom is 0.420 e. The van der Waals surface area contributed by atoms with Crippen LogP contribution >= 0.6 is 0 Å². The zero-order valence-electron chi connectivity index (χ0n) is 19.2. The summed E-state index contributed by atoms with van der Waals surface area (Å²) in [6.45, 7) is 3.79. The minimum Gasteiger partial charge on any atom is -0.495 e. The molecule has 0 bridgehead atoms. The van der Waals surface area contributed by atoms with Gasteiger partial charge in [0.05, 0.1) is 18.3 Å². The topological polar surface area (TPSA) is 88.2 Å². The number of fused-ring (bicyclic) bond motifs is 1. The third-order valence-electron chi connectivity index (χ3n) is 6.66. The molecule has 9 heteroatoms. The van der Waals surface area contributed by atoms with Gasteiger partial charge in [-0.25, -0.2) is 4.79 Å². The second-order valence-electron chi connectivity index (χ2n) is 8.68. The first-order valence-electron chi connectivity index (χ1n) is 11.6. The molecule has 3 heterocycles. The van der Waals surface area contributed by atoms with E-state index in [2.05, 4.69) is 4.90 Å². The lowest BCUT2D eigenvalue weighted by molar-refractivity contribution is -0.132. The standard InChI is InChI=1S/C25H28N4O5/c1-33-21-7-3-2-6-19(21)26-12-14-27(15-13-26)23(30)17-29-20-16-18(8-9-22(20)34-25(29)32)24(31)28-10-4-5-11-28/h2-3,6-9,16H,4-5,10-15,17H2,1H3. The Hall–Kier alpha value is -3.75. The van der Waals surface area contributed by atoms with Gasteiger partial charge >= 0.3 is 5.76 Å². The molecule has 0 radical (unpaired) electrons. The molecular weight excluding hydrogens is 436 g/mol. The van der Waals surface area contributed by atoms with Crippen LogP contribution in [0.2, 0.25) is 0 Å². The Morgan fingerprint density at radius 2 is 1.68 bits per heavy atom. The number of aromatic nitrogens is 1. The van der Waals surface area contributed by atoms with E-state index in [1.807, 2.05) is 29.2 Å². The zero-order valence-corrected chi connectivity index (χ0v) is 19.2. The van der Waals surface area contributed by atoms with Crippen molar-refractivity contribution in [2.75, 3.05) is 51.3 Å². The first kappa shape index (κ1) is 22.1. The number of benzene rings is 2. The number of likely N-dealkylation sites (tertiary alicyclic amines) is 1. The van der Waals surface area contributed by atoms with Gasteiger partial charge in [-0.2, -0.15) is 0 Å². The van der Waals surface area contributed by atoms with Crippen LogP contribution in [0.1, 0.15) is 23.2 Å². The number of hydrogen-bond donors (Lipinski definition) is 0. The molecule has 0 atom stereocenters. The number of carbonyl (C=O) groups excluding carboxylic acids is 2. The number of piperazine rings is 1. The molecule has 2 aliphatic heterocycles. The lowest BCUT2D eigenvalue weighted by atomic mass is 10.2. The second kappa shape index (κ2) is 9.24. The second-order valence-corrected chi connectivity index (χ2v) is 8.68. The Bertz CT molecular complexity index is 1270. The van der Waals surface area contributed by atoms with Crippen LogP contribution in [0.3, 0.4) is 0 Å². The summed E-state index contributed by atoms with van der Waals surface area (Å²) in [5.74, 6) is -0.00102. The van der Waals surface area contributed by atoms with Crippen molar-refractivity contribution in [2.24, 2.45) is 0 Å². The number of methoxy groups -OCH3 is 1. The highest BCUT2D eigenvalue weighted by Crippen LogP contribution is 2.28. The molecule has 2 aromatic carbocycles. The molecule has 0 saturated carbocycles. The minimum absolute atomic E-state index is 0.0570. The third kappa shape index (κ3) is 4.13. The number of hydrogen-bond acceptors (Lipinski definition) is 6. The molecule has 178 valence electrons. The zero-order chi connectivity index (χ0) is 23.7. The van der Waals surface area contributed by atoms with Crippen molar-refractivity contribution in [1.29, 1.82) is 0 Å². The number of amides is 2. The van der Waals surface area contributed by atoms with E-state index in [1.54, 1.807) is 30.2 Å². The average Bonchev–Trinajstić information content (AvgIpc) is 3.52. The van der Waals surface area contributed by atoms with Gasteiger partial charge in [-0.05, 0) is 43.2 Å². The fraction of sp³-hybridized carbons (Fsp3) is 0.400. The van der Waals surface area contributed by atoms with E-state index in [1.165, 1.54) is 4.57 Å². The van der Waals surface area contributed by atoms with E-state index in [0.29, 0.717) is 42.8 Å². The first-order chi connectivity index (χ1) is 16.5. The molecule has 2 amide bonds. The molecule has 0 spiro atoms. The summed E-state index contributed by atoms with van der Waals surface area (Å²) in [5, 5.41) is 0. The summed E-state index contributed by atoms with van der Waals surface area (Å²) in [6.07, 6.45) is 2.01. The minimum atomic E-state index is -0.596. The number of nitrogens with zero attached hydrogens (tertiary/aromatic N) is 4. The summed E-state index contributed by atoms with van der Waals surface area (Å²) in [4.78, 5) is 44.1. The monoisotopic (exact) mass is 464 g/mol. The van der Waals surface area contributed by atoms with Crippen LogP contribution in [0.25, 0.3) is 11.1 Å². The van der Waals surface area contributed by atoms with Crippen molar-refractivity contribution >= 4 is 28.6 Å². The average molecular weight is 465 g/mol. The molecule has 1 aromatic heterocycles. The lowest BCUT2D eigenvalue weighted by Crippen LogP contribution is -2.50. The van der Waals surface area contributed by atoms with Gasteiger partial charge in [0.1, 0.15) is 12.3 Å². The predicted molar refractivity (Wildman–Crippen MR) is 127 cm³/mol. The van der Waals surface area contributed by atoms with Crippen molar-refractivity contribution in [3.05, 3.63) is 58.6 Å². The molecule has 2 aliphatic rings. The van der Waals surface area contributed by atoms with E-state index in [9.17, 15) is 14.4 Å². The van der Waals surface area contributed by atoms with E-state index >= 15 is 0 Å². The molecule has 3 aromatic rings. The maximum atomic E-state index is 13.1. The molecule has 9 nitrogen and oxygen atoms in total. The number of anilines is 1. The summed E-state index contributed by atoms with van der Waals surface area (Å²) < 4.78 is 12.1. The fourth-order valence-electron chi connectivity index (χ4n) is 4.77. The van der Waals surface area contributed by atoms with Gasteiger partial charge in [-0.3, -0.25) is 14.2 Å². The van der Waals surface area contributed by atoms with Crippen LogP contribution in [-0.4, -0.2) is 72.6 Å². The van der Waals surface area contributed by atoms with Gasteiger partial charge in [0.15, 0.2) is 5.58 Å². The van der Waals surface area contributed by atoms with Gasteiger partial charge in [0.2, 0.25) is 5.91 Å². The van der Waals surface area contributed by atoms with E-state index in [-0.39, 0.29) is 18.4 Å². The number of oxazole rings is 1. The normalized spacial score (nSPS) is 16.3. The smallest absolute Gasteiger partial charge is 0.420 e. The Kier molecular flexibility index (Phi) is 6.00. The SMILES string of the molecule is COc1ccccc1N1CCN(C(=O)Cn2c(=O)oc3ccc(C(=O)N4CCCC4)cc32)CC1. The number of para-hydroxylation sites is 2. The number of ether oxygens (including phenoxy) is 1. The van der Waals surface area contributed by atoms with Gasteiger partial charge in [-0.15, -0.1) is 0 Å². The molecule has 34 heavy (non-hydrogen) atoms. The molecule has 0 N–H and O–H groups in total. The van der Waals surface area contributed by atoms with Crippen LogP contribution in [0.4, 0.5) is 5.69 Å².